The maximum absolute atomic E-state index is 10.9. The number of carbonyl (C=O) groups is 1. The number of carboxylic acids is 1. The maximum atomic E-state index is 10.9. The number of rotatable bonds is 5. The van der Waals surface area contributed by atoms with Crippen molar-refractivity contribution in [3.8, 4) is 0 Å². The van der Waals surface area contributed by atoms with Gasteiger partial charge in [-0.15, -0.1) is 0 Å². The van der Waals surface area contributed by atoms with Crippen molar-refractivity contribution in [2.45, 2.75) is 19.9 Å². The lowest BCUT2D eigenvalue weighted by Gasteiger charge is -2.11. The molecule has 1 rings (SSSR count). The molecule has 0 saturated carbocycles. The molecule has 0 heterocycles. The molecule has 0 aromatic heterocycles. The van der Waals surface area contributed by atoms with Gasteiger partial charge in [0.1, 0.15) is 6.04 Å². The van der Waals surface area contributed by atoms with Gasteiger partial charge in [-0.25, -0.2) is 0 Å². The number of nitrogens with zero attached hydrogens (tertiary/aromatic N) is 2. The van der Waals surface area contributed by atoms with Crippen LogP contribution in [0.25, 0.3) is 0 Å². The molecule has 0 fully saturated rings. The molecule has 0 aliphatic carbocycles. The van der Waals surface area contributed by atoms with Crippen LogP contribution >= 0.6 is 0 Å². The van der Waals surface area contributed by atoms with Crippen molar-refractivity contribution in [3.63, 3.8) is 0 Å². The molecule has 1 aromatic carbocycles. The average molecular weight is 269 g/mol. The van der Waals surface area contributed by atoms with Crippen LogP contribution in [-0.2, 0) is 4.79 Å². The lowest BCUT2D eigenvalue weighted by Crippen LogP contribution is -2.26. The summed E-state index contributed by atoms with van der Waals surface area (Å²) < 4.78 is 0. The molecule has 0 unspecified atom stereocenters. The first-order valence-electron chi connectivity index (χ1n) is 5.16. The predicted octanol–water partition coefficient (Wildman–Crippen LogP) is 1.70. The van der Waals surface area contributed by atoms with Crippen LogP contribution in [0.4, 0.5) is 17.1 Å². The molecule has 0 amide bonds. The lowest BCUT2D eigenvalue weighted by molar-refractivity contribution is -0.392. The van der Waals surface area contributed by atoms with Crippen LogP contribution in [-0.4, -0.2) is 27.0 Å². The fourth-order valence-corrected chi connectivity index (χ4v) is 1.46. The molecule has 9 nitrogen and oxygen atoms in total. The smallest absolute Gasteiger partial charge is 0.325 e. The van der Waals surface area contributed by atoms with Crippen LogP contribution in [0.5, 0.6) is 0 Å². The monoisotopic (exact) mass is 269 g/mol. The van der Waals surface area contributed by atoms with Gasteiger partial charge in [0, 0.05) is 12.1 Å². The lowest BCUT2D eigenvalue weighted by atomic mass is 10.1. The summed E-state index contributed by atoms with van der Waals surface area (Å²) in [6.07, 6.45) is 0. The highest BCUT2D eigenvalue weighted by molar-refractivity contribution is 5.82. The molecule has 0 aliphatic heterocycles. The van der Waals surface area contributed by atoms with E-state index in [1.54, 1.807) is 0 Å². The number of aliphatic carboxylic acids is 1. The number of nitro benzene ring substituents is 2. The summed E-state index contributed by atoms with van der Waals surface area (Å²) >= 11 is 0. The van der Waals surface area contributed by atoms with Crippen molar-refractivity contribution < 1.29 is 19.7 Å². The summed E-state index contributed by atoms with van der Waals surface area (Å²) in [5, 5.41) is 32.8. The first-order valence-corrected chi connectivity index (χ1v) is 5.16. The highest BCUT2D eigenvalue weighted by Gasteiger charge is 2.28. The van der Waals surface area contributed by atoms with Crippen LogP contribution in [0.2, 0.25) is 0 Å². The third-order valence-electron chi connectivity index (χ3n) is 2.37. The highest BCUT2D eigenvalue weighted by atomic mass is 16.6. The molecule has 19 heavy (non-hydrogen) atoms. The average Bonchev–Trinajstić information content (AvgIpc) is 2.29. The van der Waals surface area contributed by atoms with Gasteiger partial charge in [-0.3, -0.25) is 25.0 Å². The van der Waals surface area contributed by atoms with E-state index in [9.17, 15) is 25.0 Å². The van der Waals surface area contributed by atoms with Crippen molar-refractivity contribution in [1.82, 2.24) is 0 Å². The molecule has 102 valence electrons. The van der Waals surface area contributed by atoms with E-state index in [1.807, 2.05) is 0 Å². The van der Waals surface area contributed by atoms with Crippen molar-refractivity contribution in [1.29, 1.82) is 0 Å². The van der Waals surface area contributed by atoms with Gasteiger partial charge in [-0.1, -0.05) is 0 Å². The van der Waals surface area contributed by atoms with Gasteiger partial charge >= 0.3 is 5.97 Å². The van der Waals surface area contributed by atoms with Gasteiger partial charge in [0.05, 0.1) is 9.85 Å². The van der Waals surface area contributed by atoms with Gasteiger partial charge in [0.25, 0.3) is 11.4 Å². The molecule has 0 aliphatic rings. The molecule has 0 saturated heterocycles. The molecule has 0 radical (unpaired) electrons. The molecular weight excluding hydrogens is 258 g/mol. The van der Waals surface area contributed by atoms with Crippen molar-refractivity contribution in [2.75, 3.05) is 5.32 Å². The number of hydrogen-bond donors (Lipinski definition) is 2. The third-order valence-corrected chi connectivity index (χ3v) is 2.37. The van der Waals surface area contributed by atoms with Gasteiger partial charge in [0.2, 0.25) is 0 Å². The second kappa shape index (κ2) is 5.29. The second-order valence-electron chi connectivity index (χ2n) is 3.90. The van der Waals surface area contributed by atoms with Crippen molar-refractivity contribution in [3.05, 3.63) is 37.9 Å². The predicted molar refractivity (Wildman–Crippen MR) is 65.2 cm³/mol. The summed E-state index contributed by atoms with van der Waals surface area (Å²) in [6.45, 7) is 2.71. The Hall–Kier alpha value is -2.71. The van der Waals surface area contributed by atoms with E-state index in [4.69, 9.17) is 5.11 Å². The standard InChI is InChI=1S/C10H11N3O6/c1-5-3-7(12(16)17)9(8(4-5)13(18)19)11-6(2)10(14)15/h3-4,6,11H,1-2H3,(H,14,15)/t6-/m0/s1. The molecule has 1 aromatic rings. The van der Waals surface area contributed by atoms with E-state index in [0.29, 0.717) is 5.56 Å². The zero-order chi connectivity index (χ0) is 14.7. The van der Waals surface area contributed by atoms with E-state index in [-0.39, 0.29) is 0 Å². The van der Waals surface area contributed by atoms with Gasteiger partial charge < -0.3 is 10.4 Å². The van der Waals surface area contributed by atoms with E-state index in [1.165, 1.54) is 13.8 Å². The molecule has 0 spiro atoms. The Morgan fingerprint density at radius 2 is 1.68 bits per heavy atom. The van der Waals surface area contributed by atoms with Crippen molar-refractivity contribution in [2.24, 2.45) is 0 Å². The Balaban J connectivity index is 3.43. The number of nitrogens with one attached hydrogen (secondary N) is 1. The van der Waals surface area contributed by atoms with Crippen LogP contribution < -0.4 is 5.32 Å². The Morgan fingerprint density at radius 3 is 2.00 bits per heavy atom. The molecule has 2 N–H and O–H groups in total. The number of benzene rings is 1. The summed E-state index contributed by atoms with van der Waals surface area (Å²) in [6, 6.07) is 1.09. The number of nitro groups is 2. The molecule has 9 heteroatoms. The highest BCUT2D eigenvalue weighted by Crippen LogP contribution is 2.35. The van der Waals surface area contributed by atoms with E-state index in [2.05, 4.69) is 5.32 Å². The Bertz CT molecular complexity index is 521. The quantitative estimate of drug-likeness (QED) is 0.613. The minimum absolute atomic E-state index is 0.340. The fraction of sp³-hybridized carbons (Fsp3) is 0.300. The number of aryl methyl sites for hydroxylation is 1. The van der Waals surface area contributed by atoms with Crippen LogP contribution in [0, 0.1) is 27.2 Å². The first kappa shape index (κ1) is 14.4. The van der Waals surface area contributed by atoms with Crippen LogP contribution in [0.15, 0.2) is 12.1 Å². The number of anilines is 1. The van der Waals surface area contributed by atoms with Gasteiger partial charge in [-0.05, 0) is 19.4 Å². The second-order valence-corrected chi connectivity index (χ2v) is 3.90. The van der Waals surface area contributed by atoms with E-state index in [0.717, 1.165) is 12.1 Å². The van der Waals surface area contributed by atoms with E-state index < -0.39 is 38.9 Å². The maximum Gasteiger partial charge on any atom is 0.325 e. The largest absolute Gasteiger partial charge is 0.480 e. The molecule has 0 bridgehead atoms. The number of carboxylic acid groups (broad SMARTS) is 1. The Labute approximate surface area is 107 Å². The molecule has 1 atom stereocenters. The SMILES string of the molecule is Cc1cc([N+](=O)[O-])c(N[C@@H](C)C(=O)O)c([N+](=O)[O-])c1. The third kappa shape index (κ3) is 3.15. The normalized spacial score (nSPS) is 11.7. The zero-order valence-corrected chi connectivity index (χ0v) is 10.1. The van der Waals surface area contributed by atoms with Crippen LogP contribution in [0.1, 0.15) is 12.5 Å². The summed E-state index contributed by atoms with van der Waals surface area (Å²) in [7, 11) is 0. The first-order chi connectivity index (χ1) is 8.73. The zero-order valence-electron chi connectivity index (χ0n) is 10.1. The van der Waals surface area contributed by atoms with Crippen LogP contribution in [0.3, 0.4) is 0 Å². The molecular formula is C10H11N3O6. The minimum atomic E-state index is -1.27. The van der Waals surface area contributed by atoms with Gasteiger partial charge in [-0.2, -0.15) is 0 Å². The number of hydrogen-bond acceptors (Lipinski definition) is 6. The summed E-state index contributed by atoms with van der Waals surface area (Å²) in [4.78, 5) is 30.9. The fourth-order valence-electron chi connectivity index (χ4n) is 1.46. The van der Waals surface area contributed by atoms with Gasteiger partial charge in [0.15, 0.2) is 5.69 Å². The minimum Gasteiger partial charge on any atom is -0.480 e. The Morgan fingerprint density at radius 1 is 1.26 bits per heavy atom. The summed E-state index contributed by atoms with van der Waals surface area (Å²) in [5.41, 5.74) is -1.12. The summed E-state index contributed by atoms with van der Waals surface area (Å²) in [5.74, 6) is -1.27. The van der Waals surface area contributed by atoms with E-state index >= 15 is 0 Å². The topological polar surface area (TPSA) is 136 Å². The Kier molecular flexibility index (Phi) is 4.00. The van der Waals surface area contributed by atoms with Crippen molar-refractivity contribution >= 4 is 23.0 Å².